The number of hydrogen-bond donors (Lipinski definition) is 4. The normalized spacial score (nSPS) is 25.8. The summed E-state index contributed by atoms with van der Waals surface area (Å²) in [7, 11) is -6.77. The van der Waals surface area contributed by atoms with E-state index in [1.54, 1.807) is 4.72 Å². The molecule has 2 rings (SSSR count). The van der Waals surface area contributed by atoms with Crippen LogP contribution >= 0.6 is 31.7 Å². The topological polar surface area (TPSA) is 182 Å². The van der Waals surface area contributed by atoms with Crippen molar-refractivity contribution in [1.82, 2.24) is 9.73 Å². The van der Waals surface area contributed by atoms with Crippen LogP contribution in [0.25, 0.3) is 0 Å². The zero-order chi connectivity index (χ0) is 21.3. The van der Waals surface area contributed by atoms with E-state index in [2.05, 4.69) is 0 Å². The van der Waals surface area contributed by atoms with Gasteiger partial charge in [-0.15, -0.1) is 0 Å². The highest BCUT2D eigenvalue weighted by Gasteiger charge is 2.73. The second-order valence-electron chi connectivity index (χ2n) is 5.96. The molecular weight excluding hydrogens is 458 g/mol. The van der Waals surface area contributed by atoms with E-state index in [4.69, 9.17) is 44.1 Å². The van der Waals surface area contributed by atoms with Crippen molar-refractivity contribution in [2.45, 2.75) is 23.8 Å². The number of esters is 1. The number of nitrogens with two attached hydrogens (primary N) is 2. The molecule has 1 aromatic rings. The number of amides is 1. The quantitative estimate of drug-likeness (QED) is 0.0836. The van der Waals surface area contributed by atoms with Gasteiger partial charge in [-0.3, -0.25) is 14.4 Å². The van der Waals surface area contributed by atoms with Gasteiger partial charge in [-0.1, -0.05) is 33.8 Å². The zero-order valence-corrected chi connectivity index (χ0v) is 17.3. The molecule has 0 radical (unpaired) electrons. The minimum absolute atomic E-state index is 0.157. The van der Waals surface area contributed by atoms with Crippen LogP contribution in [0, 0.1) is 0 Å². The van der Waals surface area contributed by atoms with Gasteiger partial charge < -0.3 is 10.5 Å². The maximum atomic E-state index is 12.8. The predicted molar refractivity (Wildman–Crippen MR) is 100 cm³/mol. The minimum Gasteiger partial charge on any atom is -0.457 e. The Morgan fingerprint density at radius 2 is 2.07 bits per heavy atom. The van der Waals surface area contributed by atoms with Gasteiger partial charge in [0.15, 0.2) is 5.66 Å². The van der Waals surface area contributed by atoms with Crippen molar-refractivity contribution in [3.63, 3.8) is 0 Å². The third kappa shape index (κ3) is 4.29. The van der Waals surface area contributed by atoms with Gasteiger partial charge in [-0.25, -0.2) is 10.6 Å². The van der Waals surface area contributed by atoms with Gasteiger partial charge in [-0.2, -0.15) is 13.1 Å². The lowest BCUT2D eigenvalue weighted by Crippen LogP contribution is -2.79. The van der Waals surface area contributed by atoms with Crippen molar-refractivity contribution in [2.24, 2.45) is 11.6 Å². The largest absolute Gasteiger partial charge is 0.457 e. The highest BCUT2D eigenvalue weighted by atomic mass is 35.5. The average molecular weight is 474 g/mol. The Labute approximate surface area is 171 Å². The summed E-state index contributed by atoms with van der Waals surface area (Å²) in [5.74, 6) is 2.86. The molecule has 6 N–H and O–H groups in total. The van der Waals surface area contributed by atoms with Crippen molar-refractivity contribution >= 4 is 53.8 Å². The molecule has 3 atom stereocenters. The van der Waals surface area contributed by atoms with E-state index in [1.165, 1.54) is 18.2 Å². The molecule has 1 amide bonds. The van der Waals surface area contributed by atoms with Gasteiger partial charge in [-0.05, 0) is 12.1 Å². The van der Waals surface area contributed by atoms with E-state index in [1.807, 2.05) is 0 Å². The van der Waals surface area contributed by atoms with Crippen LogP contribution in [0.3, 0.4) is 0 Å². The Balaban J connectivity index is 2.42. The highest BCUT2D eigenvalue weighted by molar-refractivity contribution is 7.83. The molecule has 1 unspecified atom stereocenters. The molecule has 1 aliphatic heterocycles. The standard InChI is InChI=1S/C13H15Cl2N4O7PS/c14-8-2-1-7(9(15)5-8)6-26-11(21)13(27-22)10(20)19(17)4-3-12(13,16)18-28(23,24)25/h1-2,5,18H,3-4,6,16-17H2,(H,23,24,25)/p+1/t12-,13-/m0/s1. The Kier molecular flexibility index (Phi) is 6.68. The van der Waals surface area contributed by atoms with Crippen molar-refractivity contribution in [3.8, 4) is 0 Å². The predicted octanol–water partition coefficient (Wildman–Crippen LogP) is -0.0472. The van der Waals surface area contributed by atoms with E-state index >= 15 is 0 Å². The number of rotatable bonds is 6. The molecular formula is C13H16Cl2N4O7PS+. The molecule has 1 fully saturated rings. The molecule has 0 spiro atoms. The van der Waals surface area contributed by atoms with Gasteiger partial charge >= 0.3 is 35.8 Å². The zero-order valence-electron chi connectivity index (χ0n) is 14.0. The first kappa shape index (κ1) is 22.9. The summed E-state index contributed by atoms with van der Waals surface area (Å²) in [5, 5.41) is -1.67. The molecule has 0 aromatic heterocycles. The number of carbonyl (C=O) groups is 2. The number of nitrogens with zero attached hydrogens (tertiary/aromatic N) is 1. The van der Waals surface area contributed by atoms with Crippen molar-refractivity contribution < 1.29 is 31.9 Å². The molecule has 0 bridgehead atoms. The van der Waals surface area contributed by atoms with Crippen molar-refractivity contribution in [3.05, 3.63) is 33.8 Å². The fourth-order valence-corrected chi connectivity index (χ4v) is 4.71. The summed E-state index contributed by atoms with van der Waals surface area (Å²) in [4.78, 5) is 25.4. The fourth-order valence-electron chi connectivity index (χ4n) is 2.69. The summed E-state index contributed by atoms with van der Waals surface area (Å²) in [6, 6.07) is 4.31. The second-order valence-corrected chi connectivity index (χ2v) is 8.91. The average Bonchev–Trinajstić information content (AvgIpc) is 2.57. The summed E-state index contributed by atoms with van der Waals surface area (Å²) >= 11 is 11.8. The monoisotopic (exact) mass is 473 g/mol. The smallest absolute Gasteiger partial charge is 0.375 e. The van der Waals surface area contributed by atoms with Crippen LogP contribution in [0.2, 0.25) is 10.0 Å². The Hall–Kier alpha value is -1.37. The number of hydrogen-bond acceptors (Lipinski definition) is 8. The van der Waals surface area contributed by atoms with Gasteiger partial charge in [0.2, 0.25) is 0 Å². The minimum atomic E-state index is -4.98. The van der Waals surface area contributed by atoms with Crippen LogP contribution in [0.4, 0.5) is 0 Å². The molecule has 154 valence electrons. The van der Waals surface area contributed by atoms with Crippen LogP contribution in [0.5, 0.6) is 0 Å². The Bertz CT molecular complexity index is 933. The molecule has 1 aliphatic rings. The lowest BCUT2D eigenvalue weighted by atomic mass is 9.85. The second kappa shape index (κ2) is 8.17. The van der Waals surface area contributed by atoms with Crippen molar-refractivity contribution in [1.29, 1.82) is 0 Å². The SMILES string of the molecule is NN1CC[C@](N)(NS(=O)(=O)O)[C@@]([PH+]=O)(C(=O)OCc2ccc(Cl)cc2Cl)C1=O. The van der Waals surface area contributed by atoms with E-state index in [9.17, 15) is 22.6 Å². The molecule has 0 aliphatic carbocycles. The molecule has 15 heteroatoms. The maximum absolute atomic E-state index is 12.8. The van der Waals surface area contributed by atoms with Crippen molar-refractivity contribution in [2.75, 3.05) is 6.54 Å². The first-order valence-corrected chi connectivity index (χ1v) is 10.6. The van der Waals surface area contributed by atoms with E-state index in [0.29, 0.717) is 15.6 Å². The van der Waals surface area contributed by atoms with Crippen LogP contribution in [-0.2, 0) is 35.8 Å². The number of piperidine rings is 1. The number of halogens is 2. The summed E-state index contributed by atoms with van der Waals surface area (Å²) in [5.41, 5.74) is 3.77. The van der Waals surface area contributed by atoms with Crippen LogP contribution in [0.15, 0.2) is 18.2 Å². The van der Waals surface area contributed by atoms with Crippen LogP contribution in [0.1, 0.15) is 12.0 Å². The van der Waals surface area contributed by atoms with Crippen LogP contribution < -0.4 is 16.3 Å². The lowest BCUT2D eigenvalue weighted by Gasteiger charge is -2.42. The lowest BCUT2D eigenvalue weighted by molar-refractivity contribution is -0.160. The molecule has 1 aromatic carbocycles. The van der Waals surface area contributed by atoms with Gasteiger partial charge in [0.25, 0.3) is 0 Å². The molecule has 1 saturated heterocycles. The van der Waals surface area contributed by atoms with Gasteiger partial charge in [0.1, 0.15) is 6.61 Å². The highest BCUT2D eigenvalue weighted by Crippen LogP contribution is 2.41. The van der Waals surface area contributed by atoms with E-state index in [0.717, 1.165) is 0 Å². The van der Waals surface area contributed by atoms with E-state index < -0.39 is 54.5 Å². The number of ether oxygens (including phenoxy) is 1. The molecule has 0 saturated carbocycles. The third-order valence-corrected chi connectivity index (χ3v) is 6.52. The number of benzene rings is 1. The number of hydrazine groups is 1. The Morgan fingerprint density at radius 3 is 2.61 bits per heavy atom. The fraction of sp³-hybridized carbons (Fsp3) is 0.385. The Morgan fingerprint density at radius 1 is 1.43 bits per heavy atom. The third-order valence-electron chi connectivity index (χ3n) is 4.14. The van der Waals surface area contributed by atoms with E-state index in [-0.39, 0.29) is 11.6 Å². The number of nitrogens with one attached hydrogen (secondary N) is 1. The summed E-state index contributed by atoms with van der Waals surface area (Å²) < 4.78 is 50.4. The molecule has 28 heavy (non-hydrogen) atoms. The van der Waals surface area contributed by atoms with Gasteiger partial charge in [0, 0.05) is 28.6 Å². The first-order chi connectivity index (χ1) is 12.9. The molecule has 11 nitrogen and oxygen atoms in total. The molecule has 1 heterocycles. The van der Waals surface area contributed by atoms with Gasteiger partial charge in [0.05, 0.1) is 0 Å². The summed E-state index contributed by atoms with van der Waals surface area (Å²) in [6.45, 7) is -0.735. The number of carbonyl (C=O) groups excluding carboxylic acids is 2. The first-order valence-electron chi connectivity index (χ1n) is 7.49. The van der Waals surface area contributed by atoms with Crippen LogP contribution in [-0.4, -0.2) is 47.2 Å². The maximum Gasteiger partial charge on any atom is 0.375 e. The summed E-state index contributed by atoms with van der Waals surface area (Å²) in [6.07, 6.45) is -0.429.